The molecule has 3 aromatic rings. The van der Waals surface area contributed by atoms with Gasteiger partial charge in [0.05, 0.1) is 23.4 Å². The summed E-state index contributed by atoms with van der Waals surface area (Å²) in [4.78, 5) is 12.5. The maximum Gasteiger partial charge on any atom is 0.262 e. The third kappa shape index (κ3) is 4.38. The average molecular weight is 426 g/mol. The van der Waals surface area contributed by atoms with Crippen molar-refractivity contribution < 1.29 is 23.1 Å². The smallest absolute Gasteiger partial charge is 0.262 e. The molecule has 0 bridgehead atoms. The van der Waals surface area contributed by atoms with Gasteiger partial charge in [-0.15, -0.1) is 0 Å². The first-order valence-electron chi connectivity index (χ1n) is 9.09. The number of ether oxygens (including phenoxy) is 1. The Kier molecular flexibility index (Phi) is 5.98. The molecule has 0 fully saturated rings. The van der Waals surface area contributed by atoms with Gasteiger partial charge in [0.2, 0.25) is 0 Å². The number of hydrogen-bond donors (Lipinski definition) is 3. The first kappa shape index (κ1) is 21.2. The Morgan fingerprint density at radius 3 is 2.43 bits per heavy atom. The van der Waals surface area contributed by atoms with Crippen molar-refractivity contribution in [2.45, 2.75) is 18.7 Å². The average Bonchev–Trinajstić information content (AvgIpc) is 2.71. The quantitative estimate of drug-likeness (QED) is 0.516. The minimum Gasteiger partial charge on any atom is -0.506 e. The summed E-state index contributed by atoms with van der Waals surface area (Å²) < 4.78 is 33.3. The Labute approximate surface area is 175 Å². The van der Waals surface area contributed by atoms with Gasteiger partial charge in [0.1, 0.15) is 11.5 Å². The number of methoxy groups -OCH3 is 1. The van der Waals surface area contributed by atoms with Crippen LogP contribution in [0.3, 0.4) is 0 Å². The molecule has 0 saturated carbocycles. The maximum absolute atomic E-state index is 12.8. The summed E-state index contributed by atoms with van der Waals surface area (Å²) >= 11 is 0. The van der Waals surface area contributed by atoms with Gasteiger partial charge in [-0.3, -0.25) is 9.52 Å². The van der Waals surface area contributed by atoms with Crippen molar-refractivity contribution >= 4 is 27.3 Å². The number of amides is 1. The Morgan fingerprint density at radius 2 is 1.70 bits per heavy atom. The summed E-state index contributed by atoms with van der Waals surface area (Å²) in [6, 6.07) is 15.6. The zero-order chi connectivity index (χ0) is 21.9. The molecule has 0 atom stereocenters. The predicted molar refractivity (Wildman–Crippen MR) is 116 cm³/mol. The molecule has 0 saturated heterocycles. The number of carbonyl (C=O) groups excluding carboxylic acids is 1. The second kappa shape index (κ2) is 8.46. The van der Waals surface area contributed by atoms with E-state index >= 15 is 0 Å². The lowest BCUT2D eigenvalue weighted by atomic mass is 10.0. The van der Waals surface area contributed by atoms with E-state index in [2.05, 4.69) is 10.0 Å². The molecule has 0 aromatic heterocycles. The highest BCUT2D eigenvalue weighted by atomic mass is 32.2. The molecule has 8 heteroatoms. The van der Waals surface area contributed by atoms with Crippen molar-refractivity contribution in [2.24, 2.45) is 0 Å². The van der Waals surface area contributed by atoms with Crippen LogP contribution < -0.4 is 14.8 Å². The minimum absolute atomic E-state index is 0.0104. The molecular weight excluding hydrogens is 404 g/mol. The number of anilines is 2. The van der Waals surface area contributed by atoms with Gasteiger partial charge in [-0.25, -0.2) is 8.42 Å². The zero-order valence-corrected chi connectivity index (χ0v) is 17.6. The fraction of sp³-hybridized carbons (Fsp3) is 0.136. The normalized spacial score (nSPS) is 11.0. The first-order chi connectivity index (χ1) is 14.2. The number of phenols is 1. The Bertz CT molecular complexity index is 1210. The van der Waals surface area contributed by atoms with E-state index < -0.39 is 15.9 Å². The van der Waals surface area contributed by atoms with Crippen LogP contribution in [0.4, 0.5) is 11.4 Å². The third-order valence-electron chi connectivity index (χ3n) is 4.73. The summed E-state index contributed by atoms with van der Waals surface area (Å²) in [5, 5.41) is 12.7. The van der Waals surface area contributed by atoms with E-state index in [9.17, 15) is 18.3 Å². The Hall–Kier alpha value is -3.52. The lowest BCUT2D eigenvalue weighted by Crippen LogP contribution is -2.16. The van der Waals surface area contributed by atoms with Crippen LogP contribution in [0.25, 0.3) is 0 Å². The van der Waals surface area contributed by atoms with Crippen LogP contribution in [0.2, 0.25) is 0 Å². The highest BCUT2D eigenvalue weighted by Gasteiger charge is 2.19. The molecule has 0 aliphatic carbocycles. The van der Waals surface area contributed by atoms with Gasteiger partial charge in [0.15, 0.2) is 0 Å². The van der Waals surface area contributed by atoms with Crippen molar-refractivity contribution in [2.75, 3.05) is 17.1 Å². The number of aromatic hydroxyl groups is 1. The van der Waals surface area contributed by atoms with Gasteiger partial charge in [-0.2, -0.15) is 0 Å². The zero-order valence-electron chi connectivity index (χ0n) is 16.8. The molecule has 1 amide bonds. The molecule has 156 valence electrons. The number of carbonyl (C=O) groups is 1. The van der Waals surface area contributed by atoms with E-state index in [0.717, 1.165) is 11.1 Å². The molecule has 3 N–H and O–H groups in total. The van der Waals surface area contributed by atoms with Crippen molar-refractivity contribution in [1.82, 2.24) is 0 Å². The molecule has 0 unspecified atom stereocenters. The Morgan fingerprint density at radius 1 is 0.967 bits per heavy atom. The minimum atomic E-state index is -3.99. The number of phenolic OH excluding ortho intramolecular Hbond substituents is 1. The van der Waals surface area contributed by atoms with Crippen LogP contribution in [0.5, 0.6) is 11.5 Å². The van der Waals surface area contributed by atoms with E-state index in [1.54, 1.807) is 36.4 Å². The summed E-state index contributed by atoms with van der Waals surface area (Å²) in [6.45, 7) is 3.71. The maximum atomic E-state index is 12.8. The number of para-hydroxylation sites is 2. The number of nitrogens with one attached hydrogen (secondary N) is 2. The molecule has 0 radical (unpaired) electrons. The molecule has 0 aliphatic heterocycles. The van der Waals surface area contributed by atoms with Crippen molar-refractivity contribution in [1.29, 1.82) is 0 Å². The molecular formula is C22H22N2O5S. The lowest BCUT2D eigenvalue weighted by Gasteiger charge is -2.14. The summed E-state index contributed by atoms with van der Waals surface area (Å²) in [5.74, 6) is -0.327. The fourth-order valence-corrected chi connectivity index (χ4v) is 4.00. The van der Waals surface area contributed by atoms with Gasteiger partial charge in [-0.1, -0.05) is 24.3 Å². The molecule has 7 nitrogen and oxygen atoms in total. The molecule has 0 heterocycles. The van der Waals surface area contributed by atoms with E-state index in [1.807, 2.05) is 19.9 Å². The molecule has 0 aliphatic rings. The topological polar surface area (TPSA) is 105 Å². The number of sulfonamides is 1. The molecule has 30 heavy (non-hydrogen) atoms. The number of rotatable bonds is 6. The highest BCUT2D eigenvalue weighted by Crippen LogP contribution is 2.30. The van der Waals surface area contributed by atoms with Crippen molar-refractivity contribution in [3.8, 4) is 11.5 Å². The van der Waals surface area contributed by atoms with Gasteiger partial charge in [0.25, 0.3) is 15.9 Å². The van der Waals surface area contributed by atoms with Gasteiger partial charge < -0.3 is 15.2 Å². The third-order valence-corrected chi connectivity index (χ3v) is 6.09. The van der Waals surface area contributed by atoms with Crippen LogP contribution in [0.15, 0.2) is 65.6 Å². The predicted octanol–water partition coefficient (Wildman–Crippen LogP) is 4.07. The van der Waals surface area contributed by atoms with Gasteiger partial charge >= 0.3 is 0 Å². The fourth-order valence-electron chi connectivity index (χ4n) is 2.90. The standard InChI is InChI=1S/C22H22N2O5S/c1-14-7-6-8-17(15(14)2)22(26)23-19-13-16(11-12-20(19)25)30(27,28)24-18-9-4-5-10-21(18)29-3/h4-13,24-25H,1-3H3,(H,23,26). The second-order valence-electron chi connectivity index (χ2n) is 6.69. The van der Waals surface area contributed by atoms with E-state index in [1.165, 1.54) is 25.3 Å². The van der Waals surface area contributed by atoms with Gasteiger partial charge in [-0.05, 0) is 61.4 Å². The lowest BCUT2D eigenvalue weighted by molar-refractivity contribution is 0.102. The SMILES string of the molecule is COc1ccccc1NS(=O)(=O)c1ccc(O)c(NC(=O)c2cccc(C)c2C)c1. The van der Waals surface area contributed by atoms with Crippen LogP contribution in [-0.2, 0) is 10.0 Å². The van der Waals surface area contributed by atoms with Gasteiger partial charge in [0, 0.05) is 5.56 Å². The highest BCUT2D eigenvalue weighted by molar-refractivity contribution is 7.92. The summed E-state index contributed by atoms with van der Waals surface area (Å²) in [7, 11) is -2.55. The molecule has 3 aromatic carbocycles. The monoisotopic (exact) mass is 426 g/mol. The van der Waals surface area contributed by atoms with Crippen LogP contribution >= 0.6 is 0 Å². The second-order valence-corrected chi connectivity index (χ2v) is 8.37. The number of benzene rings is 3. The summed E-state index contributed by atoms with van der Waals surface area (Å²) in [5.41, 5.74) is 2.45. The van der Waals surface area contributed by atoms with Crippen LogP contribution in [0, 0.1) is 13.8 Å². The number of hydrogen-bond acceptors (Lipinski definition) is 5. The van der Waals surface area contributed by atoms with E-state index in [4.69, 9.17) is 4.74 Å². The Balaban J connectivity index is 1.91. The summed E-state index contributed by atoms with van der Waals surface area (Å²) in [6.07, 6.45) is 0. The molecule has 3 rings (SSSR count). The number of aryl methyl sites for hydroxylation is 1. The first-order valence-corrected chi connectivity index (χ1v) is 10.6. The largest absolute Gasteiger partial charge is 0.506 e. The van der Waals surface area contributed by atoms with Crippen molar-refractivity contribution in [3.05, 3.63) is 77.4 Å². The van der Waals surface area contributed by atoms with Crippen LogP contribution in [0.1, 0.15) is 21.5 Å². The molecule has 0 spiro atoms. The van der Waals surface area contributed by atoms with Crippen LogP contribution in [-0.4, -0.2) is 26.5 Å². The van der Waals surface area contributed by atoms with E-state index in [-0.39, 0.29) is 22.0 Å². The van der Waals surface area contributed by atoms with Crippen molar-refractivity contribution in [3.63, 3.8) is 0 Å². The van der Waals surface area contributed by atoms with E-state index in [0.29, 0.717) is 11.3 Å².